The Balaban J connectivity index is 0.00000210. The second-order valence-corrected chi connectivity index (χ2v) is 7.75. The molecular formula is C20H32Cl2N4O3. The number of ether oxygens (including phenoxy) is 1. The summed E-state index contributed by atoms with van der Waals surface area (Å²) >= 11 is 0. The van der Waals surface area contributed by atoms with E-state index >= 15 is 0 Å². The molecule has 0 radical (unpaired) electrons. The number of nitrogens with two attached hydrogens (primary N) is 2. The molecule has 29 heavy (non-hydrogen) atoms. The van der Waals surface area contributed by atoms with Crippen molar-refractivity contribution in [3.63, 3.8) is 0 Å². The number of hydrogen-bond acceptors (Lipinski definition) is 5. The fourth-order valence-corrected chi connectivity index (χ4v) is 3.85. The maximum Gasteiger partial charge on any atom is 0.240 e. The number of primary amides is 1. The summed E-state index contributed by atoms with van der Waals surface area (Å²) in [4.78, 5) is 26.2. The minimum atomic E-state index is -0.826. The van der Waals surface area contributed by atoms with E-state index in [2.05, 4.69) is 22.3 Å². The fourth-order valence-electron chi connectivity index (χ4n) is 3.85. The fraction of sp³-hybridized carbons (Fsp3) is 0.600. The van der Waals surface area contributed by atoms with Gasteiger partial charge in [0, 0.05) is 32.8 Å². The first-order chi connectivity index (χ1) is 13.0. The summed E-state index contributed by atoms with van der Waals surface area (Å²) in [7, 11) is 0. The van der Waals surface area contributed by atoms with Crippen LogP contribution in [-0.4, -0.2) is 48.6 Å². The number of carbonyl (C=O) groups excluding carboxylic acids is 2. The lowest BCUT2D eigenvalue weighted by Crippen LogP contribution is -2.56. The van der Waals surface area contributed by atoms with Gasteiger partial charge in [0.15, 0.2) is 0 Å². The molecule has 2 amide bonds. The molecule has 3 rings (SSSR count). The van der Waals surface area contributed by atoms with Crippen LogP contribution >= 0.6 is 24.8 Å². The molecule has 1 aromatic rings. The molecule has 7 nitrogen and oxygen atoms in total. The van der Waals surface area contributed by atoms with Crippen LogP contribution in [0.15, 0.2) is 24.3 Å². The van der Waals surface area contributed by atoms with Crippen LogP contribution in [0.5, 0.6) is 0 Å². The SMILES string of the molecule is Cl.Cl.NC(=O)C1CCCN(Cc2cccc(CNC(=O)C3(N)CCOCC3)c2)C1. The molecule has 0 aromatic heterocycles. The van der Waals surface area contributed by atoms with Crippen LogP contribution in [0.3, 0.4) is 0 Å². The predicted molar refractivity (Wildman–Crippen MR) is 117 cm³/mol. The molecule has 1 atom stereocenters. The lowest BCUT2D eigenvalue weighted by molar-refractivity contribution is -0.130. The van der Waals surface area contributed by atoms with Crippen LogP contribution < -0.4 is 16.8 Å². The van der Waals surface area contributed by atoms with E-state index in [4.69, 9.17) is 16.2 Å². The van der Waals surface area contributed by atoms with E-state index in [-0.39, 0.29) is 42.5 Å². The third-order valence-electron chi connectivity index (χ3n) is 5.60. The highest BCUT2D eigenvalue weighted by Gasteiger charge is 2.35. The van der Waals surface area contributed by atoms with Crippen LogP contribution in [0.2, 0.25) is 0 Å². The number of likely N-dealkylation sites (tertiary alicyclic amines) is 1. The van der Waals surface area contributed by atoms with Crippen LogP contribution in [0.25, 0.3) is 0 Å². The van der Waals surface area contributed by atoms with Crippen molar-refractivity contribution in [1.29, 1.82) is 0 Å². The van der Waals surface area contributed by atoms with Crippen molar-refractivity contribution in [1.82, 2.24) is 10.2 Å². The Kier molecular flexibility index (Phi) is 10.4. The number of carbonyl (C=O) groups is 2. The number of hydrogen-bond donors (Lipinski definition) is 3. The van der Waals surface area contributed by atoms with Gasteiger partial charge in [-0.2, -0.15) is 0 Å². The van der Waals surface area contributed by atoms with Gasteiger partial charge in [-0.05, 0) is 43.4 Å². The minimum Gasteiger partial charge on any atom is -0.381 e. The van der Waals surface area contributed by atoms with Gasteiger partial charge in [0.2, 0.25) is 11.8 Å². The van der Waals surface area contributed by atoms with Crippen LogP contribution in [0, 0.1) is 5.92 Å². The van der Waals surface area contributed by atoms with E-state index in [9.17, 15) is 9.59 Å². The number of rotatable bonds is 6. The van der Waals surface area contributed by atoms with Gasteiger partial charge in [0.05, 0.1) is 11.5 Å². The van der Waals surface area contributed by atoms with Crippen molar-refractivity contribution < 1.29 is 14.3 Å². The molecule has 1 aromatic carbocycles. The molecule has 2 heterocycles. The zero-order chi connectivity index (χ0) is 19.3. The van der Waals surface area contributed by atoms with E-state index in [1.165, 1.54) is 5.56 Å². The Bertz CT molecular complexity index is 683. The standard InChI is InChI=1S/C20H30N4O3.2ClH/c21-18(25)17-5-2-8-24(14-17)13-16-4-1-3-15(11-16)12-23-19(26)20(22)6-9-27-10-7-20;;/h1,3-4,11,17H,2,5-10,12-14,22H2,(H2,21,25)(H,23,26);2*1H. The second kappa shape index (κ2) is 11.7. The Morgan fingerprint density at radius 2 is 1.90 bits per heavy atom. The lowest BCUT2D eigenvalue weighted by Gasteiger charge is -2.32. The smallest absolute Gasteiger partial charge is 0.240 e. The maximum absolute atomic E-state index is 12.5. The zero-order valence-corrected chi connectivity index (χ0v) is 18.2. The molecule has 0 aliphatic carbocycles. The summed E-state index contributed by atoms with van der Waals surface area (Å²) < 4.78 is 5.29. The molecular weight excluding hydrogens is 415 g/mol. The Morgan fingerprint density at radius 1 is 1.21 bits per heavy atom. The summed E-state index contributed by atoms with van der Waals surface area (Å²) in [5, 5.41) is 2.97. The average Bonchev–Trinajstić information content (AvgIpc) is 2.67. The second-order valence-electron chi connectivity index (χ2n) is 7.75. The number of nitrogens with zero attached hydrogens (tertiary/aromatic N) is 1. The van der Waals surface area contributed by atoms with Crippen LogP contribution in [0.1, 0.15) is 36.8 Å². The number of piperidine rings is 1. The molecule has 9 heteroatoms. The summed E-state index contributed by atoms with van der Waals surface area (Å²) in [6, 6.07) is 8.17. The highest BCUT2D eigenvalue weighted by Crippen LogP contribution is 2.20. The Labute approximate surface area is 184 Å². The molecule has 0 bridgehead atoms. The molecule has 2 fully saturated rings. The average molecular weight is 447 g/mol. The molecule has 1 unspecified atom stereocenters. The van der Waals surface area contributed by atoms with Crippen molar-refractivity contribution in [2.24, 2.45) is 17.4 Å². The van der Waals surface area contributed by atoms with Gasteiger partial charge in [0.25, 0.3) is 0 Å². The Hall–Kier alpha value is -1.38. The topological polar surface area (TPSA) is 111 Å². The molecule has 0 spiro atoms. The van der Waals surface area contributed by atoms with Crippen molar-refractivity contribution in [2.45, 2.75) is 44.3 Å². The predicted octanol–water partition coefficient (Wildman–Crippen LogP) is 1.35. The van der Waals surface area contributed by atoms with E-state index in [1.807, 2.05) is 12.1 Å². The summed E-state index contributed by atoms with van der Waals surface area (Å²) in [5.74, 6) is -0.377. The van der Waals surface area contributed by atoms with E-state index in [0.717, 1.165) is 31.5 Å². The first-order valence-corrected chi connectivity index (χ1v) is 9.71. The largest absolute Gasteiger partial charge is 0.381 e. The number of halogens is 2. The molecule has 164 valence electrons. The van der Waals surface area contributed by atoms with E-state index in [0.29, 0.717) is 39.1 Å². The molecule has 5 N–H and O–H groups in total. The van der Waals surface area contributed by atoms with Gasteiger partial charge in [-0.15, -0.1) is 24.8 Å². The quantitative estimate of drug-likeness (QED) is 0.610. The number of benzene rings is 1. The van der Waals surface area contributed by atoms with Crippen LogP contribution in [0.4, 0.5) is 0 Å². The van der Waals surface area contributed by atoms with Gasteiger partial charge in [0.1, 0.15) is 0 Å². The maximum atomic E-state index is 12.5. The molecule has 2 aliphatic heterocycles. The van der Waals surface area contributed by atoms with Gasteiger partial charge in [-0.25, -0.2) is 0 Å². The van der Waals surface area contributed by atoms with Gasteiger partial charge in [-0.3, -0.25) is 14.5 Å². The molecule has 2 aliphatic rings. The van der Waals surface area contributed by atoms with Gasteiger partial charge < -0.3 is 21.5 Å². The third kappa shape index (κ3) is 7.12. The summed E-state index contributed by atoms with van der Waals surface area (Å²) in [5.41, 5.74) is 13.1. The number of nitrogens with one attached hydrogen (secondary N) is 1. The minimum absolute atomic E-state index is 0. The molecule has 2 saturated heterocycles. The van der Waals surface area contributed by atoms with Crippen molar-refractivity contribution in [3.8, 4) is 0 Å². The lowest BCUT2D eigenvalue weighted by atomic mass is 9.90. The molecule has 0 saturated carbocycles. The van der Waals surface area contributed by atoms with Gasteiger partial charge in [-0.1, -0.05) is 24.3 Å². The zero-order valence-electron chi connectivity index (χ0n) is 16.6. The highest BCUT2D eigenvalue weighted by molar-refractivity contribution is 5.86. The van der Waals surface area contributed by atoms with Crippen molar-refractivity contribution in [3.05, 3.63) is 35.4 Å². The number of amides is 2. The van der Waals surface area contributed by atoms with Gasteiger partial charge >= 0.3 is 0 Å². The van der Waals surface area contributed by atoms with Crippen molar-refractivity contribution in [2.75, 3.05) is 26.3 Å². The Morgan fingerprint density at radius 3 is 2.59 bits per heavy atom. The summed E-state index contributed by atoms with van der Waals surface area (Å²) in [6.45, 7) is 3.99. The monoisotopic (exact) mass is 446 g/mol. The highest BCUT2D eigenvalue weighted by atomic mass is 35.5. The normalized spacial score (nSPS) is 21.3. The first-order valence-electron chi connectivity index (χ1n) is 9.71. The van der Waals surface area contributed by atoms with Crippen LogP contribution in [-0.2, 0) is 27.4 Å². The summed E-state index contributed by atoms with van der Waals surface area (Å²) in [6.07, 6.45) is 2.97. The first kappa shape index (κ1) is 25.7. The van der Waals surface area contributed by atoms with E-state index in [1.54, 1.807) is 0 Å². The van der Waals surface area contributed by atoms with E-state index < -0.39 is 5.54 Å². The third-order valence-corrected chi connectivity index (χ3v) is 5.60. The van der Waals surface area contributed by atoms with Crippen molar-refractivity contribution >= 4 is 36.6 Å².